The summed E-state index contributed by atoms with van der Waals surface area (Å²) in [6.07, 6.45) is 1.28. The lowest BCUT2D eigenvalue weighted by Gasteiger charge is -2.09. The number of ketones is 1. The summed E-state index contributed by atoms with van der Waals surface area (Å²) in [5.74, 6) is 0.0800. The van der Waals surface area contributed by atoms with Crippen molar-refractivity contribution in [2.24, 2.45) is 0 Å². The lowest BCUT2D eigenvalue weighted by molar-refractivity contribution is 0.0982. The number of rotatable bonds is 7. The van der Waals surface area contributed by atoms with E-state index in [1.54, 1.807) is 19.1 Å². The Hall–Kier alpha value is -0.680. The quantitative estimate of drug-likeness (QED) is 0.708. The lowest BCUT2D eigenvalue weighted by atomic mass is 10.1. The molecule has 0 heterocycles. The van der Waals surface area contributed by atoms with Crippen LogP contribution in [0.25, 0.3) is 0 Å². The molecule has 0 fully saturated rings. The number of carbonyl (C=O) groups is 1. The van der Waals surface area contributed by atoms with Crippen LogP contribution < -0.4 is 0 Å². The average Bonchev–Trinajstić information content (AvgIpc) is 2.38. The van der Waals surface area contributed by atoms with E-state index in [-0.39, 0.29) is 23.2 Å². The fraction of sp³-hybridized carbons (Fsp3) is 0.500. The van der Waals surface area contributed by atoms with E-state index in [1.807, 2.05) is 19.1 Å². The average molecular weight is 347 g/mol. The van der Waals surface area contributed by atoms with E-state index >= 15 is 0 Å². The Kier molecular flexibility index (Phi) is 6.20. The number of hydrogen-bond donors (Lipinski definition) is 0. The van der Waals surface area contributed by atoms with Crippen molar-refractivity contribution in [1.29, 1.82) is 0 Å². The molecule has 106 valence electrons. The van der Waals surface area contributed by atoms with Gasteiger partial charge in [-0.1, -0.05) is 35.0 Å². The molecule has 1 atom stereocenters. The molecule has 0 aliphatic heterocycles. The topological polar surface area (TPSA) is 51.2 Å². The van der Waals surface area contributed by atoms with Crippen LogP contribution in [0.4, 0.5) is 0 Å². The fourth-order valence-electron chi connectivity index (χ4n) is 1.67. The Labute approximate surface area is 123 Å². The summed E-state index contributed by atoms with van der Waals surface area (Å²) in [5.41, 5.74) is 0.629. The third-order valence-electron chi connectivity index (χ3n) is 3.19. The highest BCUT2D eigenvalue weighted by atomic mass is 79.9. The van der Waals surface area contributed by atoms with Crippen LogP contribution in [-0.4, -0.2) is 25.2 Å². The van der Waals surface area contributed by atoms with Crippen LogP contribution in [-0.2, 0) is 9.84 Å². The zero-order chi connectivity index (χ0) is 14.5. The molecule has 0 spiro atoms. The number of halogens is 1. The van der Waals surface area contributed by atoms with E-state index in [9.17, 15) is 13.2 Å². The van der Waals surface area contributed by atoms with E-state index in [4.69, 9.17) is 0 Å². The minimum atomic E-state index is -3.05. The molecule has 0 aliphatic carbocycles. The predicted molar refractivity (Wildman–Crippen MR) is 81.2 cm³/mol. The second-order valence-corrected chi connectivity index (χ2v) is 8.07. The predicted octanol–water partition coefficient (Wildman–Crippen LogP) is 3.63. The van der Waals surface area contributed by atoms with Crippen molar-refractivity contribution in [3.05, 3.63) is 34.3 Å². The minimum absolute atomic E-state index is 0.00754. The summed E-state index contributed by atoms with van der Waals surface area (Å²) < 4.78 is 24.5. The van der Waals surface area contributed by atoms with Gasteiger partial charge in [-0.15, -0.1) is 0 Å². The summed E-state index contributed by atoms with van der Waals surface area (Å²) in [5, 5.41) is -0.324. The first-order chi connectivity index (χ1) is 8.86. The van der Waals surface area contributed by atoms with Crippen molar-refractivity contribution in [2.75, 3.05) is 5.75 Å². The van der Waals surface area contributed by atoms with E-state index in [2.05, 4.69) is 15.9 Å². The van der Waals surface area contributed by atoms with Crippen LogP contribution in [0.5, 0.6) is 0 Å². The molecule has 3 nitrogen and oxygen atoms in total. The molecule has 1 aromatic rings. The molecule has 0 N–H and O–H groups in total. The SMILES string of the molecule is CCC(C)S(=O)(=O)CCCC(=O)c1ccc(Br)cc1. The molecule has 19 heavy (non-hydrogen) atoms. The number of sulfone groups is 1. The first-order valence-electron chi connectivity index (χ1n) is 6.37. The van der Waals surface area contributed by atoms with Gasteiger partial charge in [-0.3, -0.25) is 4.79 Å². The van der Waals surface area contributed by atoms with Crippen LogP contribution in [0.1, 0.15) is 43.5 Å². The monoisotopic (exact) mass is 346 g/mol. The Morgan fingerprint density at radius 1 is 1.26 bits per heavy atom. The van der Waals surface area contributed by atoms with E-state index < -0.39 is 9.84 Å². The van der Waals surface area contributed by atoms with Gasteiger partial charge in [-0.2, -0.15) is 0 Å². The van der Waals surface area contributed by atoms with Gasteiger partial charge in [0.25, 0.3) is 0 Å². The molecule has 0 saturated heterocycles. The number of Topliss-reactive ketones (excluding diaryl/α,β-unsaturated/α-hetero) is 1. The third kappa shape index (κ3) is 5.07. The normalized spacial score (nSPS) is 13.2. The van der Waals surface area contributed by atoms with Crippen molar-refractivity contribution in [1.82, 2.24) is 0 Å². The van der Waals surface area contributed by atoms with Crippen molar-refractivity contribution in [3.8, 4) is 0 Å². The molecule has 1 rings (SSSR count). The van der Waals surface area contributed by atoms with Crippen molar-refractivity contribution < 1.29 is 13.2 Å². The highest BCUT2D eigenvalue weighted by molar-refractivity contribution is 9.10. The molecule has 0 saturated carbocycles. The molecule has 1 aromatic carbocycles. The van der Waals surface area contributed by atoms with Gasteiger partial charge in [-0.25, -0.2) is 8.42 Å². The maximum Gasteiger partial charge on any atom is 0.162 e. The Morgan fingerprint density at radius 2 is 1.84 bits per heavy atom. The van der Waals surface area contributed by atoms with Gasteiger partial charge in [-0.05, 0) is 31.9 Å². The molecule has 0 bridgehead atoms. The first kappa shape index (κ1) is 16.4. The Balaban J connectivity index is 2.50. The molecule has 1 unspecified atom stereocenters. The summed E-state index contributed by atoms with van der Waals surface area (Å²) in [7, 11) is -3.05. The second-order valence-electron chi connectivity index (χ2n) is 4.62. The van der Waals surface area contributed by atoms with Gasteiger partial charge in [0.2, 0.25) is 0 Å². The van der Waals surface area contributed by atoms with Gasteiger partial charge < -0.3 is 0 Å². The largest absolute Gasteiger partial charge is 0.294 e. The number of carbonyl (C=O) groups excluding carboxylic acids is 1. The van der Waals surface area contributed by atoms with Crippen LogP contribution in [0.3, 0.4) is 0 Å². The highest BCUT2D eigenvalue weighted by Gasteiger charge is 2.19. The van der Waals surface area contributed by atoms with Crippen LogP contribution in [0, 0.1) is 0 Å². The molecular weight excluding hydrogens is 328 g/mol. The maximum atomic E-state index is 11.9. The van der Waals surface area contributed by atoms with Crippen LogP contribution in [0.15, 0.2) is 28.7 Å². The van der Waals surface area contributed by atoms with Gasteiger partial charge in [0.1, 0.15) is 0 Å². The Bertz CT molecular complexity index is 520. The fourth-order valence-corrected chi connectivity index (χ4v) is 3.39. The van der Waals surface area contributed by atoms with E-state index in [0.29, 0.717) is 18.4 Å². The molecular formula is C14H19BrO3S. The summed E-state index contributed by atoms with van der Waals surface area (Å²) in [6.45, 7) is 3.57. The third-order valence-corrected chi connectivity index (χ3v) is 6.13. The summed E-state index contributed by atoms with van der Waals surface area (Å²) >= 11 is 3.31. The molecule has 0 radical (unpaired) electrons. The molecule has 5 heteroatoms. The standard InChI is InChI=1S/C14H19BrO3S/c1-3-11(2)19(17,18)10-4-5-14(16)12-6-8-13(15)9-7-12/h6-9,11H,3-5,10H2,1-2H3. The summed E-state index contributed by atoms with van der Waals surface area (Å²) in [4.78, 5) is 11.9. The van der Waals surface area contributed by atoms with Gasteiger partial charge in [0.15, 0.2) is 15.6 Å². The first-order valence-corrected chi connectivity index (χ1v) is 8.88. The second kappa shape index (κ2) is 7.20. The number of benzene rings is 1. The van der Waals surface area contributed by atoms with E-state index in [0.717, 1.165) is 4.47 Å². The molecule has 0 aromatic heterocycles. The zero-order valence-electron chi connectivity index (χ0n) is 11.2. The van der Waals surface area contributed by atoms with Crippen LogP contribution in [0.2, 0.25) is 0 Å². The van der Waals surface area contributed by atoms with Crippen molar-refractivity contribution in [2.45, 2.75) is 38.4 Å². The van der Waals surface area contributed by atoms with Crippen LogP contribution >= 0.6 is 15.9 Å². The highest BCUT2D eigenvalue weighted by Crippen LogP contribution is 2.14. The van der Waals surface area contributed by atoms with E-state index in [1.165, 1.54) is 0 Å². The molecule has 0 amide bonds. The lowest BCUT2D eigenvalue weighted by Crippen LogP contribution is -2.20. The maximum absolute atomic E-state index is 11.9. The van der Waals surface area contributed by atoms with Gasteiger partial charge in [0.05, 0.1) is 11.0 Å². The van der Waals surface area contributed by atoms with Crippen molar-refractivity contribution >= 4 is 31.6 Å². The minimum Gasteiger partial charge on any atom is -0.294 e. The van der Waals surface area contributed by atoms with Gasteiger partial charge >= 0.3 is 0 Å². The summed E-state index contributed by atoms with van der Waals surface area (Å²) in [6, 6.07) is 7.11. The zero-order valence-corrected chi connectivity index (χ0v) is 13.6. The molecule has 0 aliphatic rings. The van der Waals surface area contributed by atoms with Gasteiger partial charge in [0, 0.05) is 16.5 Å². The smallest absolute Gasteiger partial charge is 0.162 e. The Morgan fingerprint density at radius 3 is 2.37 bits per heavy atom. The van der Waals surface area contributed by atoms with Crippen molar-refractivity contribution in [3.63, 3.8) is 0 Å². The number of hydrogen-bond acceptors (Lipinski definition) is 3.